The van der Waals surface area contributed by atoms with Crippen LogP contribution in [0, 0.1) is 6.92 Å². The Labute approximate surface area is 253 Å². The van der Waals surface area contributed by atoms with Crippen LogP contribution in [-0.4, -0.2) is 71.8 Å². The van der Waals surface area contributed by atoms with Gasteiger partial charge in [-0.15, -0.1) is 11.8 Å². The standard InChI is InChI=1S/C32H35N5O5S/c1-19-21(13-9-15-26(19)38)29(40)34-24(16-20-10-5-4-6-11-20)27(39)31(42)37-18-43-32(2,3)28(37)30(41)33-17-25-22-12-7-8-14-23(22)35-36-25/h4-15,24,27-28,38-39H,16-18H2,1-3H3,(H,33,41)(H,34,40)(H,35,36). The number of rotatable bonds is 9. The number of hydrogen-bond donors (Lipinski definition) is 5. The zero-order chi connectivity index (χ0) is 30.7. The van der Waals surface area contributed by atoms with Crippen molar-refractivity contribution in [1.29, 1.82) is 0 Å². The lowest BCUT2D eigenvalue weighted by Gasteiger charge is -2.33. The van der Waals surface area contributed by atoms with E-state index >= 15 is 0 Å². The van der Waals surface area contributed by atoms with Crippen molar-refractivity contribution in [3.05, 3.63) is 95.2 Å². The summed E-state index contributed by atoms with van der Waals surface area (Å²) in [7, 11) is 0. The molecular formula is C32H35N5O5S. The molecule has 0 bridgehead atoms. The third-order valence-corrected chi connectivity index (χ3v) is 9.23. The van der Waals surface area contributed by atoms with E-state index in [2.05, 4.69) is 20.8 Å². The number of aliphatic hydroxyl groups excluding tert-OH is 1. The Kier molecular flexibility index (Phi) is 8.74. The molecule has 3 unspecified atom stereocenters. The van der Waals surface area contributed by atoms with E-state index in [-0.39, 0.29) is 36.1 Å². The maximum absolute atomic E-state index is 13.9. The van der Waals surface area contributed by atoms with Gasteiger partial charge in [0.2, 0.25) is 5.91 Å². The van der Waals surface area contributed by atoms with Gasteiger partial charge in [-0.2, -0.15) is 5.10 Å². The Morgan fingerprint density at radius 1 is 1.07 bits per heavy atom. The lowest BCUT2D eigenvalue weighted by atomic mass is 9.96. The van der Waals surface area contributed by atoms with Crippen molar-refractivity contribution < 1.29 is 24.6 Å². The number of aliphatic hydroxyl groups is 1. The first-order valence-electron chi connectivity index (χ1n) is 14.0. The molecule has 3 atom stereocenters. The minimum absolute atomic E-state index is 0.0307. The number of aromatic hydroxyl groups is 1. The van der Waals surface area contributed by atoms with E-state index < -0.39 is 34.7 Å². The van der Waals surface area contributed by atoms with Crippen LogP contribution in [0.3, 0.4) is 0 Å². The first-order valence-corrected chi connectivity index (χ1v) is 15.0. The van der Waals surface area contributed by atoms with Gasteiger partial charge in [-0.3, -0.25) is 19.5 Å². The Morgan fingerprint density at radius 2 is 1.79 bits per heavy atom. The predicted octanol–water partition coefficient (Wildman–Crippen LogP) is 3.28. The molecule has 1 fully saturated rings. The first-order chi connectivity index (χ1) is 20.6. The van der Waals surface area contributed by atoms with Crippen molar-refractivity contribution >= 4 is 40.4 Å². The van der Waals surface area contributed by atoms with E-state index in [9.17, 15) is 24.6 Å². The van der Waals surface area contributed by atoms with Gasteiger partial charge < -0.3 is 25.7 Å². The molecule has 1 aromatic heterocycles. The fraction of sp³-hybridized carbons (Fsp3) is 0.312. The monoisotopic (exact) mass is 601 g/mol. The van der Waals surface area contributed by atoms with Gasteiger partial charge in [0, 0.05) is 21.3 Å². The Bertz CT molecular complexity index is 1640. The van der Waals surface area contributed by atoms with Gasteiger partial charge >= 0.3 is 0 Å². The number of para-hydroxylation sites is 1. The molecule has 5 rings (SSSR count). The number of amides is 3. The van der Waals surface area contributed by atoms with Gasteiger partial charge in [0.25, 0.3) is 11.8 Å². The van der Waals surface area contributed by atoms with Crippen LogP contribution < -0.4 is 10.6 Å². The molecule has 0 aliphatic carbocycles. The van der Waals surface area contributed by atoms with E-state index in [4.69, 9.17) is 0 Å². The van der Waals surface area contributed by atoms with Crippen LogP contribution >= 0.6 is 11.8 Å². The number of benzene rings is 3. The number of aromatic amines is 1. The minimum Gasteiger partial charge on any atom is -0.508 e. The van der Waals surface area contributed by atoms with Crippen LogP contribution in [0.1, 0.15) is 41.0 Å². The summed E-state index contributed by atoms with van der Waals surface area (Å²) in [4.78, 5) is 42.2. The topological polar surface area (TPSA) is 148 Å². The Hall–Kier alpha value is -4.35. The summed E-state index contributed by atoms with van der Waals surface area (Å²) in [6, 6.07) is 19.6. The van der Waals surface area contributed by atoms with Crippen LogP contribution in [0.15, 0.2) is 72.8 Å². The lowest BCUT2D eigenvalue weighted by molar-refractivity contribution is -0.147. The molecule has 0 spiro atoms. The highest BCUT2D eigenvalue weighted by atomic mass is 32.2. The molecule has 1 saturated heterocycles. The molecule has 0 radical (unpaired) electrons. The van der Waals surface area contributed by atoms with Crippen LogP contribution in [0.4, 0.5) is 0 Å². The fourth-order valence-corrected chi connectivity index (χ4v) is 6.54. The number of H-pyrrole nitrogens is 1. The lowest BCUT2D eigenvalue weighted by Crippen LogP contribution is -2.58. The van der Waals surface area contributed by atoms with Crippen molar-refractivity contribution in [3.8, 4) is 5.75 Å². The highest BCUT2D eigenvalue weighted by molar-refractivity contribution is 8.00. The zero-order valence-corrected chi connectivity index (χ0v) is 25.0. The number of nitrogens with zero attached hydrogens (tertiary/aromatic N) is 2. The molecule has 11 heteroatoms. The summed E-state index contributed by atoms with van der Waals surface area (Å²) in [6.07, 6.45) is -1.47. The minimum atomic E-state index is -1.64. The molecule has 2 heterocycles. The Balaban J connectivity index is 1.36. The summed E-state index contributed by atoms with van der Waals surface area (Å²) in [5, 5.41) is 35.5. The number of nitrogens with one attached hydrogen (secondary N) is 3. The number of carbonyl (C=O) groups is 3. The van der Waals surface area contributed by atoms with Crippen molar-refractivity contribution in [1.82, 2.24) is 25.7 Å². The zero-order valence-electron chi connectivity index (χ0n) is 24.2. The molecule has 5 N–H and O–H groups in total. The van der Waals surface area contributed by atoms with Crippen LogP contribution in [0.5, 0.6) is 5.75 Å². The first kappa shape index (κ1) is 30.1. The molecule has 43 heavy (non-hydrogen) atoms. The molecule has 10 nitrogen and oxygen atoms in total. The SMILES string of the molecule is Cc1c(O)cccc1C(=O)NC(Cc1ccccc1)C(O)C(=O)N1CSC(C)(C)C1C(=O)NCc1n[nH]c2ccccc12. The molecule has 1 aliphatic heterocycles. The second-order valence-electron chi connectivity index (χ2n) is 11.2. The third kappa shape index (κ3) is 6.37. The van der Waals surface area contributed by atoms with Gasteiger partial charge in [0.05, 0.1) is 29.7 Å². The molecule has 224 valence electrons. The van der Waals surface area contributed by atoms with Crippen LogP contribution in [-0.2, 0) is 22.6 Å². The highest BCUT2D eigenvalue weighted by Crippen LogP contribution is 2.40. The summed E-state index contributed by atoms with van der Waals surface area (Å²) in [6.45, 7) is 5.57. The summed E-state index contributed by atoms with van der Waals surface area (Å²) < 4.78 is -0.635. The van der Waals surface area contributed by atoms with Crippen molar-refractivity contribution in [3.63, 3.8) is 0 Å². The van der Waals surface area contributed by atoms with Gasteiger partial charge in [0.1, 0.15) is 11.8 Å². The van der Waals surface area contributed by atoms with Crippen molar-refractivity contribution in [2.75, 3.05) is 5.88 Å². The number of phenols is 1. The summed E-state index contributed by atoms with van der Waals surface area (Å²) >= 11 is 1.44. The summed E-state index contributed by atoms with van der Waals surface area (Å²) in [5.41, 5.74) is 2.97. The van der Waals surface area contributed by atoms with E-state index in [1.807, 2.05) is 68.4 Å². The molecule has 1 aliphatic rings. The van der Waals surface area contributed by atoms with Crippen molar-refractivity contribution in [2.24, 2.45) is 0 Å². The average molecular weight is 602 g/mol. The number of carbonyl (C=O) groups excluding carboxylic acids is 3. The van der Waals surface area contributed by atoms with Crippen molar-refractivity contribution in [2.45, 2.75) is 56.7 Å². The van der Waals surface area contributed by atoms with Crippen LogP contribution in [0.25, 0.3) is 10.9 Å². The number of phenolic OH excluding ortho intramolecular Hbond substituents is 1. The molecular weight excluding hydrogens is 566 g/mol. The predicted molar refractivity (Wildman–Crippen MR) is 165 cm³/mol. The van der Waals surface area contributed by atoms with Gasteiger partial charge in [-0.05, 0) is 51.0 Å². The normalized spacial score (nSPS) is 17.4. The molecule has 0 saturated carbocycles. The van der Waals surface area contributed by atoms with E-state index in [1.165, 1.54) is 22.7 Å². The number of hydrogen-bond acceptors (Lipinski definition) is 7. The average Bonchev–Trinajstić information content (AvgIpc) is 3.56. The number of thioether (sulfide) groups is 1. The molecule has 3 aromatic carbocycles. The fourth-order valence-electron chi connectivity index (χ4n) is 5.40. The van der Waals surface area contributed by atoms with Gasteiger partial charge in [-0.25, -0.2) is 0 Å². The molecule has 4 aromatic rings. The Morgan fingerprint density at radius 3 is 2.56 bits per heavy atom. The quantitative estimate of drug-likeness (QED) is 0.198. The van der Waals surface area contributed by atoms with Gasteiger partial charge in [0.15, 0.2) is 6.10 Å². The number of aromatic nitrogens is 2. The van der Waals surface area contributed by atoms with Gasteiger partial charge in [-0.1, -0.05) is 54.6 Å². The van der Waals surface area contributed by atoms with Crippen LogP contribution in [0.2, 0.25) is 0 Å². The second kappa shape index (κ2) is 12.5. The smallest absolute Gasteiger partial charge is 0.254 e. The largest absolute Gasteiger partial charge is 0.508 e. The highest BCUT2D eigenvalue weighted by Gasteiger charge is 2.49. The van der Waals surface area contributed by atoms with E-state index in [1.54, 1.807) is 19.1 Å². The number of fused-ring (bicyclic) bond motifs is 1. The summed E-state index contributed by atoms with van der Waals surface area (Å²) in [5.74, 6) is -1.38. The maximum Gasteiger partial charge on any atom is 0.254 e. The third-order valence-electron chi connectivity index (χ3n) is 7.86. The molecule has 3 amide bonds. The second-order valence-corrected chi connectivity index (χ2v) is 12.8. The maximum atomic E-state index is 13.9. The van der Waals surface area contributed by atoms with E-state index in [0.29, 0.717) is 11.3 Å². The van der Waals surface area contributed by atoms with E-state index in [0.717, 1.165) is 16.5 Å².